The van der Waals surface area contributed by atoms with Gasteiger partial charge in [-0.05, 0) is 31.5 Å². The van der Waals surface area contributed by atoms with E-state index in [1.165, 1.54) is 11.8 Å². The highest BCUT2D eigenvalue weighted by atomic mass is 32.2. The lowest BCUT2D eigenvalue weighted by Gasteiger charge is -2.04. The molecule has 3 aromatic rings. The minimum atomic E-state index is 0.0859. The molecule has 0 aliphatic heterocycles. The molecule has 0 unspecified atom stereocenters. The quantitative estimate of drug-likeness (QED) is 0.575. The Hall–Kier alpha value is -2.47. The molecule has 6 heteroatoms. The van der Waals surface area contributed by atoms with E-state index in [-0.39, 0.29) is 5.78 Å². The molecule has 2 heterocycles. The number of hydrogen-bond acceptors (Lipinski definition) is 5. The zero-order chi connectivity index (χ0) is 16.2. The molecule has 3 rings (SSSR count). The summed E-state index contributed by atoms with van der Waals surface area (Å²) in [5.41, 5.74) is 3.83. The first-order valence-corrected chi connectivity index (χ1v) is 8.18. The number of hydrogen-bond donors (Lipinski definition) is 1. The summed E-state index contributed by atoms with van der Waals surface area (Å²) in [5.74, 6) is 1.08. The lowest BCUT2D eigenvalue weighted by Crippen LogP contribution is -2.05. The summed E-state index contributed by atoms with van der Waals surface area (Å²) < 4.78 is 0. The third-order valence-electron chi connectivity index (χ3n) is 3.43. The lowest BCUT2D eigenvalue weighted by atomic mass is 10.0. The van der Waals surface area contributed by atoms with Gasteiger partial charge in [-0.3, -0.25) is 14.9 Å². The maximum absolute atomic E-state index is 12.3. The van der Waals surface area contributed by atoms with Crippen LogP contribution in [0.25, 0.3) is 11.4 Å². The number of aryl methyl sites for hydroxylation is 2. The van der Waals surface area contributed by atoms with Gasteiger partial charge in [-0.1, -0.05) is 35.5 Å². The summed E-state index contributed by atoms with van der Waals surface area (Å²) in [6.45, 7) is 3.98. The maximum atomic E-state index is 12.3. The van der Waals surface area contributed by atoms with Crippen molar-refractivity contribution < 1.29 is 4.79 Å². The second-order valence-corrected chi connectivity index (χ2v) is 6.18. The predicted molar refractivity (Wildman–Crippen MR) is 90.6 cm³/mol. The van der Waals surface area contributed by atoms with Gasteiger partial charge < -0.3 is 0 Å². The molecule has 5 nitrogen and oxygen atoms in total. The zero-order valence-corrected chi connectivity index (χ0v) is 13.7. The van der Waals surface area contributed by atoms with E-state index in [1.54, 1.807) is 12.4 Å². The van der Waals surface area contributed by atoms with Crippen LogP contribution in [0.1, 0.15) is 21.5 Å². The molecule has 0 aliphatic carbocycles. The molecule has 0 atom stereocenters. The number of ketones is 1. The Morgan fingerprint density at radius 2 is 1.96 bits per heavy atom. The molecular weight excluding hydrogens is 308 g/mol. The summed E-state index contributed by atoms with van der Waals surface area (Å²) in [7, 11) is 0. The van der Waals surface area contributed by atoms with Gasteiger partial charge in [-0.25, -0.2) is 4.98 Å². The van der Waals surface area contributed by atoms with Crippen LogP contribution >= 0.6 is 11.8 Å². The minimum absolute atomic E-state index is 0.0859. The number of carbonyl (C=O) groups is 1. The van der Waals surface area contributed by atoms with E-state index in [0.29, 0.717) is 16.7 Å². The van der Waals surface area contributed by atoms with Crippen molar-refractivity contribution in [1.82, 2.24) is 20.2 Å². The van der Waals surface area contributed by atoms with Gasteiger partial charge in [0.1, 0.15) is 0 Å². The molecule has 0 saturated carbocycles. The molecule has 1 aromatic carbocycles. The number of thioether (sulfide) groups is 1. The molecule has 0 amide bonds. The SMILES string of the molecule is Cc1ccc(C(=O)CSc2n[nH]c(-c3ccncc3)n2)c(C)c1. The van der Waals surface area contributed by atoms with Gasteiger partial charge in [-0.15, -0.1) is 5.10 Å². The maximum Gasteiger partial charge on any atom is 0.209 e. The molecular formula is C17H16N4OS. The average Bonchev–Trinajstić information content (AvgIpc) is 3.02. The third kappa shape index (κ3) is 3.65. The van der Waals surface area contributed by atoms with E-state index in [0.717, 1.165) is 22.3 Å². The lowest BCUT2D eigenvalue weighted by molar-refractivity contribution is 0.102. The Kier molecular flexibility index (Phi) is 4.52. The van der Waals surface area contributed by atoms with Crippen molar-refractivity contribution in [2.24, 2.45) is 0 Å². The van der Waals surface area contributed by atoms with Crippen LogP contribution in [0.2, 0.25) is 0 Å². The first kappa shape index (κ1) is 15.4. The van der Waals surface area contributed by atoms with Crippen LogP contribution < -0.4 is 0 Å². The average molecular weight is 324 g/mol. The minimum Gasteiger partial charge on any atom is -0.293 e. The molecule has 0 fully saturated rings. The Bertz CT molecular complexity index is 830. The number of nitrogens with one attached hydrogen (secondary N) is 1. The standard InChI is InChI=1S/C17H16N4OS/c1-11-3-4-14(12(2)9-11)15(22)10-23-17-19-16(20-21-17)13-5-7-18-8-6-13/h3-9H,10H2,1-2H3,(H,19,20,21). The van der Waals surface area contributed by atoms with Crippen molar-refractivity contribution in [3.63, 3.8) is 0 Å². The fraction of sp³-hybridized carbons (Fsp3) is 0.176. The summed E-state index contributed by atoms with van der Waals surface area (Å²) >= 11 is 1.33. The van der Waals surface area contributed by atoms with Gasteiger partial charge >= 0.3 is 0 Å². The molecule has 116 valence electrons. The highest BCUT2D eigenvalue weighted by Crippen LogP contribution is 2.20. The predicted octanol–water partition coefficient (Wildman–Crippen LogP) is 3.46. The van der Waals surface area contributed by atoms with Crippen molar-refractivity contribution in [3.05, 3.63) is 59.4 Å². The monoisotopic (exact) mass is 324 g/mol. The van der Waals surface area contributed by atoms with Crippen molar-refractivity contribution in [2.45, 2.75) is 19.0 Å². The van der Waals surface area contributed by atoms with Crippen LogP contribution in [-0.2, 0) is 0 Å². The molecule has 0 radical (unpaired) electrons. The highest BCUT2D eigenvalue weighted by Gasteiger charge is 2.12. The normalized spacial score (nSPS) is 10.7. The Morgan fingerprint density at radius 3 is 2.70 bits per heavy atom. The van der Waals surface area contributed by atoms with Crippen molar-refractivity contribution in [1.29, 1.82) is 0 Å². The summed E-state index contributed by atoms with van der Waals surface area (Å²) in [5, 5.41) is 7.60. The molecule has 2 aromatic heterocycles. The second kappa shape index (κ2) is 6.75. The number of benzene rings is 1. The summed E-state index contributed by atoms with van der Waals surface area (Å²) in [6.07, 6.45) is 3.41. The number of H-pyrrole nitrogens is 1. The fourth-order valence-corrected chi connectivity index (χ4v) is 2.97. The number of pyridine rings is 1. The summed E-state index contributed by atoms with van der Waals surface area (Å²) in [4.78, 5) is 20.7. The molecule has 1 N–H and O–H groups in total. The number of aromatic amines is 1. The molecule has 0 aliphatic rings. The van der Waals surface area contributed by atoms with Crippen molar-refractivity contribution in [3.8, 4) is 11.4 Å². The van der Waals surface area contributed by atoms with Crippen LogP contribution in [0.5, 0.6) is 0 Å². The zero-order valence-electron chi connectivity index (χ0n) is 12.9. The van der Waals surface area contributed by atoms with Crippen LogP contribution in [0.15, 0.2) is 47.9 Å². The number of carbonyl (C=O) groups excluding carboxylic acids is 1. The number of aromatic nitrogens is 4. The Morgan fingerprint density at radius 1 is 1.17 bits per heavy atom. The number of nitrogens with zero attached hydrogens (tertiary/aromatic N) is 3. The molecule has 0 saturated heterocycles. The molecule has 23 heavy (non-hydrogen) atoms. The van der Waals surface area contributed by atoms with Crippen LogP contribution in [0, 0.1) is 13.8 Å². The van der Waals surface area contributed by atoms with Gasteiger partial charge in [0.05, 0.1) is 5.75 Å². The first-order valence-electron chi connectivity index (χ1n) is 7.19. The van der Waals surface area contributed by atoms with E-state index >= 15 is 0 Å². The van der Waals surface area contributed by atoms with Gasteiger partial charge in [0, 0.05) is 23.5 Å². The summed E-state index contributed by atoms with van der Waals surface area (Å²) in [6, 6.07) is 9.57. The van der Waals surface area contributed by atoms with Crippen LogP contribution in [0.4, 0.5) is 0 Å². The topological polar surface area (TPSA) is 71.5 Å². The molecule has 0 spiro atoms. The molecule has 0 bridgehead atoms. The Balaban J connectivity index is 1.67. The smallest absolute Gasteiger partial charge is 0.209 e. The fourth-order valence-electron chi connectivity index (χ4n) is 2.28. The van der Waals surface area contributed by atoms with Gasteiger partial charge in [0.2, 0.25) is 5.16 Å². The second-order valence-electron chi connectivity index (χ2n) is 5.23. The van der Waals surface area contributed by atoms with Crippen LogP contribution in [0.3, 0.4) is 0 Å². The van der Waals surface area contributed by atoms with Crippen molar-refractivity contribution >= 4 is 17.5 Å². The highest BCUT2D eigenvalue weighted by molar-refractivity contribution is 7.99. The number of rotatable bonds is 5. The van der Waals surface area contributed by atoms with Crippen molar-refractivity contribution in [2.75, 3.05) is 5.75 Å². The van der Waals surface area contributed by atoms with E-state index in [2.05, 4.69) is 20.2 Å². The van der Waals surface area contributed by atoms with Gasteiger partial charge in [0.15, 0.2) is 11.6 Å². The number of Topliss-reactive ketones (excluding diaryl/α,β-unsaturated/α-hetero) is 1. The van der Waals surface area contributed by atoms with E-state index in [1.807, 2.05) is 44.2 Å². The first-order chi connectivity index (χ1) is 11.1. The van der Waals surface area contributed by atoms with E-state index in [4.69, 9.17) is 0 Å². The van der Waals surface area contributed by atoms with E-state index < -0.39 is 0 Å². The Labute approximate surface area is 138 Å². The van der Waals surface area contributed by atoms with E-state index in [9.17, 15) is 4.79 Å². The largest absolute Gasteiger partial charge is 0.293 e. The van der Waals surface area contributed by atoms with Gasteiger partial charge in [-0.2, -0.15) is 0 Å². The van der Waals surface area contributed by atoms with Crippen LogP contribution in [-0.4, -0.2) is 31.7 Å². The third-order valence-corrected chi connectivity index (χ3v) is 4.28. The van der Waals surface area contributed by atoms with Gasteiger partial charge in [0.25, 0.3) is 0 Å².